The normalized spacial score (nSPS) is 21.7. The molecular weight excluding hydrogens is 372 g/mol. The largest absolute Gasteiger partial charge is 0.373 e. The predicted molar refractivity (Wildman–Crippen MR) is 105 cm³/mol. The molecule has 2 atom stereocenters. The average Bonchev–Trinajstić information content (AvgIpc) is 2.97. The van der Waals surface area contributed by atoms with E-state index in [2.05, 4.69) is 19.2 Å². The summed E-state index contributed by atoms with van der Waals surface area (Å²) in [6.07, 6.45) is 2.70. The number of nitrogens with one attached hydrogen (secondary N) is 1. The van der Waals surface area contributed by atoms with Crippen LogP contribution in [0.25, 0.3) is 0 Å². The van der Waals surface area contributed by atoms with Gasteiger partial charge in [0.05, 0.1) is 22.8 Å². The number of carbonyl (C=O) groups is 1. The topological polar surface area (TPSA) is 75.7 Å². The summed E-state index contributed by atoms with van der Waals surface area (Å²) in [5.41, 5.74) is 1.21. The van der Waals surface area contributed by atoms with Gasteiger partial charge in [0.25, 0.3) is 5.91 Å². The van der Waals surface area contributed by atoms with Crippen LogP contribution in [0.5, 0.6) is 0 Å². The lowest BCUT2D eigenvalue weighted by molar-refractivity contribution is -0.0440. The monoisotopic (exact) mass is 402 g/mol. The van der Waals surface area contributed by atoms with E-state index in [0.29, 0.717) is 18.0 Å². The third-order valence-corrected chi connectivity index (χ3v) is 7.44. The molecule has 8 heteroatoms. The molecule has 0 saturated carbocycles. The van der Waals surface area contributed by atoms with Crippen LogP contribution in [0.4, 0.5) is 0 Å². The van der Waals surface area contributed by atoms with Crippen LogP contribution in [0.2, 0.25) is 0 Å². The first kappa shape index (κ1) is 21.3. The van der Waals surface area contributed by atoms with Gasteiger partial charge < -0.3 is 10.1 Å². The van der Waals surface area contributed by atoms with Gasteiger partial charge in [-0.25, -0.2) is 8.42 Å². The minimum absolute atomic E-state index is 0.0913. The van der Waals surface area contributed by atoms with Crippen molar-refractivity contribution in [3.05, 3.63) is 21.4 Å². The molecule has 0 aromatic carbocycles. The summed E-state index contributed by atoms with van der Waals surface area (Å²) in [6, 6.07) is 1.94. The lowest BCUT2D eigenvalue weighted by atomic mass is 10.1. The molecular formula is C18H30N2O4S2. The smallest absolute Gasteiger partial charge is 0.261 e. The maximum atomic E-state index is 12.5. The van der Waals surface area contributed by atoms with Gasteiger partial charge in [0, 0.05) is 24.5 Å². The molecule has 0 unspecified atom stereocenters. The van der Waals surface area contributed by atoms with Gasteiger partial charge in [-0.05, 0) is 38.3 Å². The first-order valence-electron chi connectivity index (χ1n) is 9.29. The van der Waals surface area contributed by atoms with Crippen LogP contribution < -0.4 is 5.32 Å². The minimum Gasteiger partial charge on any atom is -0.373 e. The molecule has 1 aliphatic heterocycles. The summed E-state index contributed by atoms with van der Waals surface area (Å²) >= 11 is 1.51. The van der Waals surface area contributed by atoms with E-state index in [4.69, 9.17) is 4.74 Å². The van der Waals surface area contributed by atoms with E-state index in [-0.39, 0.29) is 30.4 Å². The van der Waals surface area contributed by atoms with Crippen LogP contribution >= 0.6 is 11.3 Å². The predicted octanol–water partition coefficient (Wildman–Crippen LogP) is 2.43. The zero-order chi connectivity index (χ0) is 19.3. The molecule has 148 valence electrons. The molecule has 1 N–H and O–H groups in total. The summed E-state index contributed by atoms with van der Waals surface area (Å²) in [7, 11) is -3.40. The summed E-state index contributed by atoms with van der Waals surface area (Å²) < 4.78 is 32.1. The third kappa shape index (κ3) is 5.52. The number of ether oxygens (including phenoxy) is 1. The molecule has 2 rings (SSSR count). The van der Waals surface area contributed by atoms with Gasteiger partial charge in [-0.3, -0.25) is 4.79 Å². The SMILES string of the molecule is CCCc1sc(C(=O)NCCS(=O)(=O)N2C[C@@H](C)O[C@H](C)C2)cc1CC. The standard InChI is InChI=1S/C18H30N2O4S2/c1-5-7-16-15(6-2)10-17(25-16)18(21)19-8-9-26(22,23)20-11-13(3)24-14(4)12-20/h10,13-14H,5-9,11-12H2,1-4H3,(H,19,21)/t13-,14-/m1/s1. The van der Waals surface area contributed by atoms with Crippen molar-refractivity contribution in [2.45, 2.75) is 59.2 Å². The quantitative estimate of drug-likeness (QED) is 0.725. The Morgan fingerprint density at radius 3 is 2.54 bits per heavy atom. The van der Waals surface area contributed by atoms with Crippen molar-refractivity contribution >= 4 is 27.3 Å². The number of rotatable bonds is 8. The Bertz CT molecular complexity index is 705. The van der Waals surface area contributed by atoms with Crippen LogP contribution in [0.1, 0.15) is 54.2 Å². The molecule has 1 amide bonds. The van der Waals surface area contributed by atoms with Crippen LogP contribution in [0.3, 0.4) is 0 Å². The fourth-order valence-corrected chi connectivity index (χ4v) is 5.95. The molecule has 1 fully saturated rings. The minimum atomic E-state index is -3.40. The van der Waals surface area contributed by atoms with E-state index in [1.165, 1.54) is 26.1 Å². The zero-order valence-electron chi connectivity index (χ0n) is 16.1. The molecule has 1 aromatic rings. The number of thiophene rings is 1. The number of carbonyl (C=O) groups excluding carboxylic acids is 1. The van der Waals surface area contributed by atoms with Crippen LogP contribution in [-0.2, 0) is 27.6 Å². The second kappa shape index (κ2) is 9.30. The van der Waals surface area contributed by atoms with Crippen molar-refractivity contribution < 1.29 is 17.9 Å². The Balaban J connectivity index is 1.91. The molecule has 1 aromatic heterocycles. The van der Waals surface area contributed by atoms with Gasteiger partial charge in [-0.15, -0.1) is 11.3 Å². The summed E-state index contributed by atoms with van der Waals surface area (Å²) in [6.45, 7) is 8.80. The Kier molecular flexibility index (Phi) is 7.63. The number of aryl methyl sites for hydroxylation is 2. The summed E-state index contributed by atoms with van der Waals surface area (Å²) in [4.78, 5) is 14.3. The molecule has 0 bridgehead atoms. The van der Waals surface area contributed by atoms with E-state index in [1.54, 1.807) is 0 Å². The van der Waals surface area contributed by atoms with E-state index in [0.717, 1.165) is 19.3 Å². The van der Waals surface area contributed by atoms with Crippen LogP contribution in [0.15, 0.2) is 6.07 Å². The van der Waals surface area contributed by atoms with Gasteiger partial charge in [-0.1, -0.05) is 20.3 Å². The molecule has 26 heavy (non-hydrogen) atoms. The highest BCUT2D eigenvalue weighted by Gasteiger charge is 2.30. The first-order chi connectivity index (χ1) is 12.3. The van der Waals surface area contributed by atoms with E-state index in [1.807, 2.05) is 19.9 Å². The van der Waals surface area contributed by atoms with E-state index >= 15 is 0 Å². The number of hydrogen-bond donors (Lipinski definition) is 1. The van der Waals surface area contributed by atoms with Gasteiger partial charge in [0.15, 0.2) is 0 Å². The molecule has 6 nitrogen and oxygen atoms in total. The Morgan fingerprint density at radius 1 is 1.31 bits per heavy atom. The van der Waals surface area contributed by atoms with Crippen molar-refractivity contribution in [1.29, 1.82) is 0 Å². The Hall–Kier alpha value is -0.960. The maximum Gasteiger partial charge on any atom is 0.261 e. The van der Waals surface area contributed by atoms with Gasteiger partial charge in [-0.2, -0.15) is 4.31 Å². The zero-order valence-corrected chi connectivity index (χ0v) is 17.7. The Labute approximate surface area is 161 Å². The highest BCUT2D eigenvalue weighted by molar-refractivity contribution is 7.89. The number of sulfonamides is 1. The maximum absolute atomic E-state index is 12.5. The van der Waals surface area contributed by atoms with Crippen LogP contribution in [0, 0.1) is 0 Å². The Morgan fingerprint density at radius 2 is 1.96 bits per heavy atom. The molecule has 0 spiro atoms. The molecule has 2 heterocycles. The molecule has 0 aliphatic carbocycles. The average molecular weight is 403 g/mol. The number of amides is 1. The molecule has 0 radical (unpaired) electrons. The van der Waals surface area contributed by atoms with Crippen molar-refractivity contribution in [2.24, 2.45) is 0 Å². The number of morpholine rings is 1. The second-order valence-corrected chi connectivity index (χ2v) is 10.0. The van der Waals surface area contributed by atoms with Gasteiger partial charge in [0.1, 0.15) is 0 Å². The third-order valence-electron chi connectivity index (χ3n) is 4.40. The van der Waals surface area contributed by atoms with E-state index < -0.39 is 10.0 Å². The fraction of sp³-hybridized carbons (Fsp3) is 0.722. The van der Waals surface area contributed by atoms with Gasteiger partial charge >= 0.3 is 0 Å². The van der Waals surface area contributed by atoms with E-state index in [9.17, 15) is 13.2 Å². The van der Waals surface area contributed by atoms with Crippen molar-refractivity contribution in [3.63, 3.8) is 0 Å². The molecule has 1 saturated heterocycles. The number of hydrogen-bond acceptors (Lipinski definition) is 5. The summed E-state index contributed by atoms with van der Waals surface area (Å²) in [5, 5.41) is 2.76. The lowest BCUT2D eigenvalue weighted by Crippen LogP contribution is -2.49. The van der Waals surface area contributed by atoms with Crippen molar-refractivity contribution in [2.75, 3.05) is 25.4 Å². The first-order valence-corrected chi connectivity index (χ1v) is 11.7. The second-order valence-electron chi connectivity index (χ2n) is 6.81. The molecule has 1 aliphatic rings. The van der Waals surface area contributed by atoms with Crippen LogP contribution in [-0.4, -0.2) is 56.2 Å². The van der Waals surface area contributed by atoms with Crippen molar-refractivity contribution in [1.82, 2.24) is 9.62 Å². The lowest BCUT2D eigenvalue weighted by Gasteiger charge is -2.34. The fourth-order valence-electron chi connectivity index (χ4n) is 3.18. The van der Waals surface area contributed by atoms with Gasteiger partial charge in [0.2, 0.25) is 10.0 Å². The summed E-state index contributed by atoms with van der Waals surface area (Å²) in [5.74, 6) is -0.280. The van der Waals surface area contributed by atoms with Crippen molar-refractivity contribution in [3.8, 4) is 0 Å². The highest BCUT2D eigenvalue weighted by atomic mass is 32.2. The number of nitrogens with zero attached hydrogens (tertiary/aromatic N) is 1. The highest BCUT2D eigenvalue weighted by Crippen LogP contribution is 2.24.